The van der Waals surface area contributed by atoms with E-state index in [0.29, 0.717) is 33.7 Å². The molecule has 0 radical (unpaired) electrons. The Labute approximate surface area is 200 Å². The molecule has 0 atom stereocenters. The van der Waals surface area contributed by atoms with Crippen LogP contribution in [0.3, 0.4) is 0 Å². The number of hydrogen-bond acceptors (Lipinski definition) is 4. The highest BCUT2D eigenvalue weighted by Crippen LogP contribution is 2.23. The molecule has 4 aromatic rings. The highest BCUT2D eigenvalue weighted by molar-refractivity contribution is 7.71. The Morgan fingerprint density at radius 2 is 1.73 bits per heavy atom. The summed E-state index contributed by atoms with van der Waals surface area (Å²) in [6.45, 7) is 0.426. The van der Waals surface area contributed by atoms with Crippen LogP contribution in [0.4, 0.5) is 10.1 Å². The van der Waals surface area contributed by atoms with Crippen LogP contribution >= 0.6 is 23.8 Å². The number of anilines is 1. The van der Waals surface area contributed by atoms with Crippen LogP contribution in [0.5, 0.6) is 0 Å². The molecule has 0 saturated heterocycles. The Bertz CT molecular complexity index is 1300. The number of rotatable bonds is 7. The summed E-state index contributed by atoms with van der Waals surface area (Å²) in [6.07, 6.45) is 0. The van der Waals surface area contributed by atoms with Gasteiger partial charge in [0.15, 0.2) is 5.82 Å². The van der Waals surface area contributed by atoms with Gasteiger partial charge in [-0.25, -0.2) is 9.07 Å². The van der Waals surface area contributed by atoms with Crippen molar-refractivity contribution >= 4 is 35.4 Å². The molecular formula is C24H21ClFN5OS. The molecule has 0 unspecified atom stereocenters. The second-order valence-electron chi connectivity index (χ2n) is 7.49. The summed E-state index contributed by atoms with van der Waals surface area (Å²) in [5.74, 6) is 0.129. The zero-order chi connectivity index (χ0) is 23.4. The Morgan fingerprint density at radius 3 is 2.39 bits per heavy atom. The van der Waals surface area contributed by atoms with Gasteiger partial charge >= 0.3 is 0 Å². The van der Waals surface area contributed by atoms with E-state index in [4.69, 9.17) is 28.9 Å². The van der Waals surface area contributed by atoms with Crippen LogP contribution in [0, 0.1) is 10.6 Å². The molecule has 0 fully saturated rings. The van der Waals surface area contributed by atoms with Gasteiger partial charge < -0.3 is 5.32 Å². The summed E-state index contributed by atoms with van der Waals surface area (Å²) in [5.41, 5.74) is 2.24. The second kappa shape index (κ2) is 10.1. The van der Waals surface area contributed by atoms with Gasteiger partial charge in [0, 0.05) is 16.3 Å². The maximum Gasteiger partial charge on any atom is 0.238 e. The van der Waals surface area contributed by atoms with E-state index in [1.807, 2.05) is 37.4 Å². The van der Waals surface area contributed by atoms with Crippen LogP contribution in [-0.2, 0) is 11.5 Å². The van der Waals surface area contributed by atoms with E-state index < -0.39 is 0 Å². The minimum absolute atomic E-state index is 0.133. The lowest BCUT2D eigenvalue weighted by Gasteiger charge is -2.16. The fourth-order valence-electron chi connectivity index (χ4n) is 3.35. The molecule has 4 rings (SSSR count). The fraction of sp³-hybridized carbons (Fsp3) is 0.125. The summed E-state index contributed by atoms with van der Waals surface area (Å²) in [7, 11) is 1.81. The number of halogens is 2. The van der Waals surface area contributed by atoms with E-state index in [2.05, 4.69) is 5.32 Å². The lowest BCUT2D eigenvalue weighted by Crippen LogP contribution is -2.32. The number of nitrogens with one attached hydrogen (secondary N) is 1. The predicted octanol–water partition coefficient (Wildman–Crippen LogP) is 5.39. The van der Waals surface area contributed by atoms with E-state index in [9.17, 15) is 9.18 Å². The molecule has 0 bridgehead atoms. The predicted molar refractivity (Wildman–Crippen MR) is 130 cm³/mol. The number of carbonyl (C=O) groups is 1. The molecule has 1 heterocycles. The number of hydrogen-bond donors (Lipinski definition) is 1. The molecule has 0 aliphatic heterocycles. The SMILES string of the molecule is CN(CC(=O)Nc1ccc(Cl)cc1)Cn1nc(-c2ccccc2)n(-c2ccc(F)cc2)c1=S. The smallest absolute Gasteiger partial charge is 0.238 e. The number of aromatic nitrogens is 3. The van der Waals surface area contributed by atoms with Gasteiger partial charge in [0.2, 0.25) is 10.7 Å². The van der Waals surface area contributed by atoms with Crippen molar-refractivity contribution < 1.29 is 9.18 Å². The first-order chi connectivity index (χ1) is 15.9. The topological polar surface area (TPSA) is 55.1 Å². The minimum atomic E-state index is -0.328. The Hall–Kier alpha value is -3.33. The molecule has 0 aliphatic carbocycles. The van der Waals surface area contributed by atoms with Crippen molar-refractivity contribution in [2.24, 2.45) is 0 Å². The number of amides is 1. The van der Waals surface area contributed by atoms with Crippen LogP contribution in [-0.4, -0.2) is 38.7 Å². The van der Waals surface area contributed by atoms with Crippen molar-refractivity contribution in [2.45, 2.75) is 6.67 Å². The van der Waals surface area contributed by atoms with E-state index in [0.717, 1.165) is 5.56 Å². The molecule has 9 heteroatoms. The average molecular weight is 482 g/mol. The maximum absolute atomic E-state index is 13.5. The first kappa shape index (κ1) is 22.8. The maximum atomic E-state index is 13.5. The van der Waals surface area contributed by atoms with Crippen LogP contribution < -0.4 is 5.32 Å². The molecule has 1 aromatic heterocycles. The molecule has 3 aromatic carbocycles. The summed E-state index contributed by atoms with van der Waals surface area (Å²) in [6, 6.07) is 22.6. The van der Waals surface area contributed by atoms with Gasteiger partial charge in [-0.05, 0) is 67.8 Å². The zero-order valence-electron chi connectivity index (χ0n) is 17.8. The van der Waals surface area contributed by atoms with E-state index in [1.165, 1.54) is 12.1 Å². The molecule has 0 aliphatic rings. The van der Waals surface area contributed by atoms with Crippen molar-refractivity contribution in [2.75, 3.05) is 18.9 Å². The molecule has 33 heavy (non-hydrogen) atoms. The molecule has 168 valence electrons. The molecular weight excluding hydrogens is 461 g/mol. The van der Waals surface area contributed by atoms with Crippen molar-refractivity contribution in [3.8, 4) is 17.1 Å². The van der Waals surface area contributed by atoms with Gasteiger partial charge in [-0.2, -0.15) is 0 Å². The summed E-state index contributed by atoms with van der Waals surface area (Å²) in [5, 5.41) is 8.15. The monoisotopic (exact) mass is 481 g/mol. The highest BCUT2D eigenvalue weighted by Gasteiger charge is 2.16. The quantitative estimate of drug-likeness (QED) is 0.359. The molecule has 1 amide bonds. The lowest BCUT2D eigenvalue weighted by atomic mass is 10.2. The first-order valence-electron chi connectivity index (χ1n) is 10.2. The van der Waals surface area contributed by atoms with Gasteiger partial charge in [0.05, 0.1) is 18.9 Å². The second-order valence-corrected chi connectivity index (χ2v) is 8.30. The zero-order valence-corrected chi connectivity index (χ0v) is 19.4. The van der Waals surface area contributed by atoms with Crippen molar-refractivity contribution in [3.05, 3.63) is 94.5 Å². The molecule has 0 spiro atoms. The van der Waals surface area contributed by atoms with Crippen LogP contribution in [0.25, 0.3) is 17.1 Å². The largest absolute Gasteiger partial charge is 0.325 e. The fourth-order valence-corrected chi connectivity index (χ4v) is 3.77. The Kier molecular flexibility index (Phi) is 6.98. The van der Waals surface area contributed by atoms with Crippen molar-refractivity contribution in [3.63, 3.8) is 0 Å². The van der Waals surface area contributed by atoms with E-state index in [-0.39, 0.29) is 18.3 Å². The van der Waals surface area contributed by atoms with Gasteiger partial charge in [0.25, 0.3) is 0 Å². The van der Waals surface area contributed by atoms with Gasteiger partial charge in [-0.15, -0.1) is 5.10 Å². The third kappa shape index (κ3) is 5.54. The third-order valence-electron chi connectivity index (χ3n) is 4.87. The molecule has 0 saturated carbocycles. The Balaban J connectivity index is 1.57. The summed E-state index contributed by atoms with van der Waals surface area (Å²) in [4.78, 5) is 14.3. The standard InChI is InChI=1S/C24H21ClFN5OS/c1-29(15-22(32)27-20-11-7-18(25)8-12-20)16-30-24(33)31(21-13-9-19(26)10-14-21)23(28-30)17-5-3-2-4-6-17/h2-14H,15-16H2,1H3,(H,27,32). The normalized spacial score (nSPS) is 11.0. The van der Waals surface area contributed by atoms with E-state index in [1.54, 1.807) is 50.5 Å². The molecule has 6 nitrogen and oxygen atoms in total. The number of likely N-dealkylation sites (N-methyl/N-ethyl adjacent to an activating group) is 1. The number of benzene rings is 3. The van der Waals surface area contributed by atoms with Gasteiger partial charge in [-0.1, -0.05) is 41.9 Å². The first-order valence-corrected chi connectivity index (χ1v) is 10.9. The average Bonchev–Trinajstić information content (AvgIpc) is 3.12. The third-order valence-corrected chi connectivity index (χ3v) is 5.52. The van der Waals surface area contributed by atoms with E-state index >= 15 is 0 Å². The van der Waals surface area contributed by atoms with Crippen LogP contribution in [0.15, 0.2) is 78.9 Å². The summed E-state index contributed by atoms with van der Waals surface area (Å²) >= 11 is 11.6. The van der Waals surface area contributed by atoms with Gasteiger partial charge in [0.1, 0.15) is 5.82 Å². The number of carbonyl (C=O) groups excluding carboxylic acids is 1. The van der Waals surface area contributed by atoms with Crippen LogP contribution in [0.2, 0.25) is 5.02 Å². The molecule has 1 N–H and O–H groups in total. The van der Waals surface area contributed by atoms with Crippen LogP contribution in [0.1, 0.15) is 0 Å². The highest BCUT2D eigenvalue weighted by atomic mass is 35.5. The Morgan fingerprint density at radius 1 is 1.06 bits per heavy atom. The minimum Gasteiger partial charge on any atom is -0.325 e. The van der Waals surface area contributed by atoms with Crippen molar-refractivity contribution in [1.82, 2.24) is 19.2 Å². The van der Waals surface area contributed by atoms with Crippen molar-refractivity contribution in [1.29, 1.82) is 0 Å². The number of nitrogens with zero attached hydrogens (tertiary/aromatic N) is 4. The summed E-state index contributed by atoms with van der Waals surface area (Å²) < 4.78 is 17.4. The lowest BCUT2D eigenvalue weighted by molar-refractivity contribution is -0.117. The van der Waals surface area contributed by atoms with Gasteiger partial charge in [-0.3, -0.25) is 14.3 Å².